The van der Waals surface area contributed by atoms with Gasteiger partial charge in [-0.2, -0.15) is 0 Å². The third-order valence-corrected chi connectivity index (χ3v) is 7.79. The SMILES string of the molecule is Cc1nc(CC(=O)NC(C(N)=O)c2nc(C)c(-c3ccc([N+](=O)[O-])cc3)s2)sc1-c1ccc(N)cc1. The average Bonchev–Trinajstić information content (AvgIpc) is 3.39. The number of aryl methyl sites for hydroxylation is 2. The number of primary amides is 1. The predicted octanol–water partition coefficient (Wildman–Crippen LogP) is 3.93. The first-order valence-electron chi connectivity index (χ1n) is 10.8. The number of nitro benzene ring substituents is 1. The number of thiazole rings is 2. The fourth-order valence-corrected chi connectivity index (χ4v) is 5.78. The quantitative estimate of drug-likeness (QED) is 0.179. The highest BCUT2D eigenvalue weighted by molar-refractivity contribution is 7.15. The number of nitrogen functional groups attached to an aromatic ring is 1. The van der Waals surface area contributed by atoms with Gasteiger partial charge in [0.2, 0.25) is 11.8 Å². The van der Waals surface area contributed by atoms with E-state index in [1.165, 1.54) is 34.8 Å². The van der Waals surface area contributed by atoms with Crippen molar-refractivity contribution in [2.75, 3.05) is 5.73 Å². The Morgan fingerprint density at radius 1 is 0.972 bits per heavy atom. The molecule has 2 aromatic heterocycles. The minimum atomic E-state index is -1.12. The van der Waals surface area contributed by atoms with Crippen molar-refractivity contribution >= 4 is 45.9 Å². The molecule has 0 aliphatic carbocycles. The molecule has 184 valence electrons. The Kier molecular flexibility index (Phi) is 7.08. The number of amides is 2. The molecule has 4 aromatic rings. The normalized spacial score (nSPS) is 11.7. The number of benzene rings is 2. The van der Waals surface area contributed by atoms with E-state index in [1.54, 1.807) is 31.2 Å². The molecule has 0 saturated heterocycles. The van der Waals surface area contributed by atoms with Crippen molar-refractivity contribution < 1.29 is 14.5 Å². The van der Waals surface area contributed by atoms with Gasteiger partial charge in [-0.1, -0.05) is 12.1 Å². The minimum Gasteiger partial charge on any atom is -0.399 e. The maximum absolute atomic E-state index is 12.8. The number of carbonyl (C=O) groups is 2. The van der Waals surface area contributed by atoms with E-state index in [0.717, 1.165) is 21.0 Å². The number of carbonyl (C=O) groups excluding carboxylic acids is 2. The highest BCUT2D eigenvalue weighted by Gasteiger charge is 2.26. The Balaban J connectivity index is 1.51. The second-order valence-corrected chi connectivity index (χ2v) is 10.1. The smallest absolute Gasteiger partial charge is 0.269 e. The number of nitrogens with two attached hydrogens (primary N) is 2. The third-order valence-electron chi connectivity index (χ3n) is 5.32. The van der Waals surface area contributed by atoms with Gasteiger partial charge in [0.15, 0.2) is 6.04 Å². The molecule has 0 saturated carbocycles. The van der Waals surface area contributed by atoms with Gasteiger partial charge >= 0.3 is 0 Å². The zero-order chi connectivity index (χ0) is 26.0. The van der Waals surface area contributed by atoms with Gasteiger partial charge < -0.3 is 16.8 Å². The van der Waals surface area contributed by atoms with Crippen LogP contribution in [0.2, 0.25) is 0 Å². The standard InChI is InChI=1S/C24H22N6O4S2/c1-12-21(14-3-7-16(25)8-4-14)35-19(27-12)11-18(31)29-20(23(26)32)24-28-13(2)22(36-24)15-5-9-17(10-6-15)30(33)34/h3-10,20H,11,25H2,1-2H3,(H2,26,32)(H,29,31). The molecule has 36 heavy (non-hydrogen) atoms. The zero-order valence-electron chi connectivity index (χ0n) is 19.3. The summed E-state index contributed by atoms with van der Waals surface area (Å²) in [6.45, 7) is 3.63. The number of nitro groups is 1. The predicted molar refractivity (Wildman–Crippen MR) is 139 cm³/mol. The van der Waals surface area contributed by atoms with Crippen molar-refractivity contribution in [3.8, 4) is 20.9 Å². The first-order chi connectivity index (χ1) is 17.1. The monoisotopic (exact) mass is 522 g/mol. The average molecular weight is 523 g/mol. The summed E-state index contributed by atoms with van der Waals surface area (Å²) >= 11 is 2.59. The van der Waals surface area contributed by atoms with Crippen LogP contribution in [0.3, 0.4) is 0 Å². The van der Waals surface area contributed by atoms with E-state index in [2.05, 4.69) is 15.3 Å². The lowest BCUT2D eigenvalue weighted by molar-refractivity contribution is -0.384. The van der Waals surface area contributed by atoms with Crippen LogP contribution in [0.5, 0.6) is 0 Å². The van der Waals surface area contributed by atoms with Crippen LogP contribution >= 0.6 is 22.7 Å². The summed E-state index contributed by atoms with van der Waals surface area (Å²) in [5.41, 5.74) is 15.1. The third kappa shape index (κ3) is 5.39. The Morgan fingerprint density at radius 2 is 1.53 bits per heavy atom. The number of rotatable bonds is 8. The van der Waals surface area contributed by atoms with Gasteiger partial charge in [0.05, 0.1) is 32.5 Å². The molecule has 1 atom stereocenters. The highest BCUT2D eigenvalue weighted by atomic mass is 32.1. The molecule has 5 N–H and O–H groups in total. The molecular weight excluding hydrogens is 500 g/mol. The van der Waals surface area contributed by atoms with E-state index in [1.807, 2.05) is 19.1 Å². The van der Waals surface area contributed by atoms with Crippen molar-refractivity contribution in [2.24, 2.45) is 5.73 Å². The maximum Gasteiger partial charge on any atom is 0.269 e. The highest BCUT2D eigenvalue weighted by Crippen LogP contribution is 2.34. The fraction of sp³-hybridized carbons (Fsp3) is 0.167. The summed E-state index contributed by atoms with van der Waals surface area (Å²) in [5.74, 6) is -1.16. The molecular formula is C24H22N6O4S2. The van der Waals surface area contributed by atoms with Crippen LogP contribution in [0.1, 0.15) is 27.4 Å². The molecule has 2 amide bonds. The number of non-ortho nitro benzene ring substituents is 1. The van der Waals surface area contributed by atoms with Gasteiger partial charge in [-0.15, -0.1) is 22.7 Å². The number of hydrogen-bond donors (Lipinski definition) is 3. The van der Waals surface area contributed by atoms with Gasteiger partial charge in [-0.25, -0.2) is 9.97 Å². The van der Waals surface area contributed by atoms with E-state index >= 15 is 0 Å². The lowest BCUT2D eigenvalue weighted by Gasteiger charge is -2.12. The molecule has 4 rings (SSSR count). The van der Waals surface area contributed by atoms with E-state index in [-0.39, 0.29) is 12.1 Å². The summed E-state index contributed by atoms with van der Waals surface area (Å²) in [6.07, 6.45) is -0.0240. The van der Waals surface area contributed by atoms with Gasteiger partial charge in [-0.05, 0) is 49.2 Å². The Bertz CT molecular complexity index is 1440. The van der Waals surface area contributed by atoms with E-state index in [4.69, 9.17) is 11.5 Å². The number of nitrogens with zero attached hydrogens (tertiary/aromatic N) is 3. The fourth-order valence-electron chi connectivity index (χ4n) is 3.58. The lowest BCUT2D eigenvalue weighted by atomic mass is 10.1. The summed E-state index contributed by atoms with van der Waals surface area (Å²) in [5, 5.41) is 14.5. The van der Waals surface area contributed by atoms with E-state index in [9.17, 15) is 19.7 Å². The Hall–Kier alpha value is -4.16. The van der Waals surface area contributed by atoms with Crippen molar-refractivity contribution in [1.29, 1.82) is 0 Å². The summed E-state index contributed by atoms with van der Waals surface area (Å²) in [6, 6.07) is 12.3. The lowest BCUT2D eigenvalue weighted by Crippen LogP contribution is -2.38. The topological polar surface area (TPSA) is 167 Å². The number of hydrogen-bond acceptors (Lipinski definition) is 9. The molecule has 10 nitrogen and oxygen atoms in total. The van der Waals surface area contributed by atoms with Crippen LogP contribution in [-0.4, -0.2) is 26.7 Å². The van der Waals surface area contributed by atoms with Gasteiger partial charge in [0, 0.05) is 17.8 Å². The molecule has 2 heterocycles. The van der Waals surface area contributed by atoms with Crippen LogP contribution in [-0.2, 0) is 16.0 Å². The number of aromatic nitrogens is 2. The molecule has 0 aliphatic rings. The van der Waals surface area contributed by atoms with Crippen LogP contribution in [0.4, 0.5) is 11.4 Å². The van der Waals surface area contributed by atoms with Crippen LogP contribution in [0.25, 0.3) is 20.9 Å². The van der Waals surface area contributed by atoms with Crippen molar-refractivity contribution in [3.63, 3.8) is 0 Å². The summed E-state index contributed by atoms with van der Waals surface area (Å²) in [7, 11) is 0. The molecule has 2 aromatic carbocycles. The number of anilines is 1. The van der Waals surface area contributed by atoms with E-state index < -0.39 is 22.8 Å². The molecule has 0 spiro atoms. The Morgan fingerprint density at radius 3 is 2.11 bits per heavy atom. The summed E-state index contributed by atoms with van der Waals surface area (Å²) < 4.78 is 0. The van der Waals surface area contributed by atoms with Crippen molar-refractivity contribution in [1.82, 2.24) is 15.3 Å². The minimum absolute atomic E-state index is 0.0240. The second-order valence-electron chi connectivity index (χ2n) is 7.99. The molecule has 0 fully saturated rings. The van der Waals surface area contributed by atoms with Crippen molar-refractivity contribution in [2.45, 2.75) is 26.3 Å². The largest absolute Gasteiger partial charge is 0.399 e. The van der Waals surface area contributed by atoms with Crippen LogP contribution in [0, 0.1) is 24.0 Å². The zero-order valence-corrected chi connectivity index (χ0v) is 21.0. The van der Waals surface area contributed by atoms with Gasteiger partial charge in [0.25, 0.3) is 5.69 Å². The molecule has 0 bridgehead atoms. The van der Waals surface area contributed by atoms with E-state index in [0.29, 0.717) is 27.0 Å². The molecule has 0 radical (unpaired) electrons. The summed E-state index contributed by atoms with van der Waals surface area (Å²) in [4.78, 5) is 46.1. The van der Waals surface area contributed by atoms with Crippen LogP contribution in [0.15, 0.2) is 48.5 Å². The molecule has 0 aliphatic heterocycles. The van der Waals surface area contributed by atoms with Gasteiger partial charge in [0.1, 0.15) is 10.0 Å². The molecule has 1 unspecified atom stereocenters. The first kappa shape index (κ1) is 24.9. The molecule has 12 heteroatoms. The van der Waals surface area contributed by atoms with Crippen molar-refractivity contribution in [3.05, 3.63) is 80.0 Å². The first-order valence-corrected chi connectivity index (χ1v) is 12.4. The second kappa shape index (κ2) is 10.2. The Labute approximate surface area is 214 Å². The van der Waals surface area contributed by atoms with Crippen LogP contribution < -0.4 is 16.8 Å². The van der Waals surface area contributed by atoms with Gasteiger partial charge in [-0.3, -0.25) is 19.7 Å². The number of nitrogens with one attached hydrogen (secondary N) is 1. The maximum atomic E-state index is 12.8.